The number of rotatable bonds is 7. The van der Waals surface area contributed by atoms with Crippen LogP contribution in [0.15, 0.2) is 52.6 Å². The minimum absolute atomic E-state index is 0.0376. The van der Waals surface area contributed by atoms with Gasteiger partial charge in [0, 0.05) is 47.9 Å². The summed E-state index contributed by atoms with van der Waals surface area (Å²) in [7, 11) is 1.71. The molecule has 1 saturated heterocycles. The molecular formula is C29H39N5O4S. The molecule has 0 saturated carbocycles. The van der Waals surface area contributed by atoms with Crippen molar-refractivity contribution in [2.75, 3.05) is 6.54 Å². The van der Waals surface area contributed by atoms with E-state index in [-0.39, 0.29) is 29.3 Å². The fraction of sp³-hybridized carbons (Fsp3) is 0.414. The number of nitrogens with zero attached hydrogens (tertiary/aromatic N) is 3. The van der Waals surface area contributed by atoms with Crippen molar-refractivity contribution in [3.8, 4) is 0 Å². The molecule has 3 amide bonds. The maximum absolute atomic E-state index is 12.8. The summed E-state index contributed by atoms with van der Waals surface area (Å²) < 4.78 is 1.54. The monoisotopic (exact) mass is 553 g/mol. The van der Waals surface area contributed by atoms with E-state index in [0.717, 1.165) is 41.3 Å². The minimum Gasteiger partial charge on any atom is -0.329 e. The van der Waals surface area contributed by atoms with Gasteiger partial charge in [-0.3, -0.25) is 30.0 Å². The fourth-order valence-electron chi connectivity index (χ4n) is 4.13. The molecule has 2 atom stereocenters. The molecule has 3 heterocycles. The van der Waals surface area contributed by atoms with E-state index in [0.29, 0.717) is 18.4 Å². The van der Waals surface area contributed by atoms with E-state index >= 15 is 0 Å². The Morgan fingerprint density at radius 2 is 1.87 bits per heavy atom. The van der Waals surface area contributed by atoms with Crippen molar-refractivity contribution in [3.63, 3.8) is 0 Å². The Hall–Kier alpha value is -3.79. The van der Waals surface area contributed by atoms with Gasteiger partial charge in [-0.2, -0.15) is 0 Å². The first-order chi connectivity index (χ1) is 18.7. The maximum atomic E-state index is 12.8. The van der Waals surface area contributed by atoms with Crippen molar-refractivity contribution in [1.29, 1.82) is 0 Å². The fourth-order valence-corrected chi connectivity index (χ4v) is 5.08. The zero-order chi connectivity index (χ0) is 28.9. The lowest BCUT2D eigenvalue weighted by atomic mass is 10.0. The molecule has 4 rings (SSSR count). The zero-order valence-corrected chi connectivity index (χ0v) is 24.4. The van der Waals surface area contributed by atoms with Gasteiger partial charge in [0.1, 0.15) is 5.01 Å². The second-order valence-electron chi connectivity index (χ2n) is 9.11. The predicted molar refractivity (Wildman–Crippen MR) is 154 cm³/mol. The van der Waals surface area contributed by atoms with Crippen LogP contribution in [0.5, 0.6) is 0 Å². The van der Waals surface area contributed by atoms with Crippen LogP contribution < -0.4 is 16.4 Å². The normalized spacial score (nSPS) is 14.7. The number of carbonyl (C=O) groups is 3. The summed E-state index contributed by atoms with van der Waals surface area (Å²) in [4.78, 5) is 52.4. The van der Waals surface area contributed by atoms with Gasteiger partial charge in [0.2, 0.25) is 12.3 Å². The van der Waals surface area contributed by atoms with Crippen LogP contribution in [0.4, 0.5) is 0 Å². The highest BCUT2D eigenvalue weighted by atomic mass is 32.1. The quantitative estimate of drug-likeness (QED) is 0.338. The van der Waals surface area contributed by atoms with Gasteiger partial charge in [-0.1, -0.05) is 51.1 Å². The molecule has 1 unspecified atom stereocenters. The third-order valence-electron chi connectivity index (χ3n) is 6.27. The van der Waals surface area contributed by atoms with Crippen molar-refractivity contribution >= 4 is 29.6 Å². The number of aryl methyl sites for hydroxylation is 2. The van der Waals surface area contributed by atoms with Crippen LogP contribution in [0.2, 0.25) is 0 Å². The molecule has 1 fully saturated rings. The smallest absolute Gasteiger partial charge is 0.254 e. The van der Waals surface area contributed by atoms with Gasteiger partial charge in [0.15, 0.2) is 0 Å². The Balaban J connectivity index is 0.000000275. The van der Waals surface area contributed by atoms with E-state index in [1.165, 1.54) is 6.07 Å². The van der Waals surface area contributed by atoms with Crippen molar-refractivity contribution in [3.05, 3.63) is 85.7 Å². The largest absolute Gasteiger partial charge is 0.329 e. The van der Waals surface area contributed by atoms with Crippen LogP contribution in [0.1, 0.15) is 72.0 Å². The Morgan fingerprint density at radius 3 is 2.46 bits per heavy atom. The number of likely N-dealkylation sites (tertiary alicyclic amines) is 1. The Morgan fingerprint density at radius 1 is 1.18 bits per heavy atom. The number of carbonyl (C=O) groups excluding carboxylic acids is 3. The molecule has 39 heavy (non-hydrogen) atoms. The summed E-state index contributed by atoms with van der Waals surface area (Å²) in [6.45, 7) is 10.3. The summed E-state index contributed by atoms with van der Waals surface area (Å²) in [5, 5.41) is 3.00. The summed E-state index contributed by atoms with van der Waals surface area (Å²) >= 11 is 1.60. The van der Waals surface area contributed by atoms with Crippen LogP contribution in [-0.4, -0.2) is 39.2 Å². The van der Waals surface area contributed by atoms with Crippen molar-refractivity contribution in [2.24, 2.45) is 13.0 Å². The van der Waals surface area contributed by atoms with Crippen molar-refractivity contribution in [2.45, 2.75) is 59.9 Å². The van der Waals surface area contributed by atoms with Crippen LogP contribution in [0.3, 0.4) is 0 Å². The first-order valence-electron chi connectivity index (χ1n) is 13.1. The second-order valence-corrected chi connectivity index (χ2v) is 10.00. The summed E-state index contributed by atoms with van der Waals surface area (Å²) in [5.41, 5.74) is 7.64. The number of hydrazine groups is 1. The Labute approximate surface area is 234 Å². The molecule has 0 radical (unpaired) electrons. The van der Waals surface area contributed by atoms with Gasteiger partial charge < -0.3 is 9.47 Å². The molecule has 0 bridgehead atoms. The number of hydrogen-bond acceptors (Lipinski definition) is 6. The SMILES string of the molecule is CC.CC(Cc1ccccc1)C(=O)NNC=O.Cc1csc([C@H]2CCCN2C(=O)c2cc(C)n(C)c(=O)c2)n1. The molecular weight excluding hydrogens is 514 g/mol. The summed E-state index contributed by atoms with van der Waals surface area (Å²) in [6, 6.07) is 13.0. The zero-order valence-electron chi connectivity index (χ0n) is 23.6. The number of hydrogen-bond donors (Lipinski definition) is 2. The van der Waals surface area contributed by atoms with E-state index in [1.54, 1.807) is 29.0 Å². The second kappa shape index (κ2) is 15.6. The first-order valence-corrected chi connectivity index (χ1v) is 14.0. The third-order valence-corrected chi connectivity index (χ3v) is 7.34. The van der Waals surface area contributed by atoms with Crippen LogP contribution in [0, 0.1) is 19.8 Å². The number of benzene rings is 1. The standard InChI is InChI=1S/C16H19N3O2S.C11H14N2O2.C2H6/c1-10-9-22-15(17-10)13-5-4-6-19(13)16(21)12-7-11(2)18(3)14(20)8-12;1-9(11(15)13-12-8-14)7-10-5-3-2-4-6-10;1-2/h7-9,13H,4-6H2,1-3H3;2-6,8-9H,7H2,1H3,(H,12,14)(H,13,15);1-2H3/t13-;;/m1../s1. The van der Waals surface area contributed by atoms with Crippen LogP contribution in [0.25, 0.3) is 0 Å². The highest BCUT2D eigenvalue weighted by molar-refractivity contribution is 7.09. The molecule has 10 heteroatoms. The lowest BCUT2D eigenvalue weighted by Crippen LogP contribution is -2.40. The number of amides is 3. The highest BCUT2D eigenvalue weighted by Gasteiger charge is 2.32. The van der Waals surface area contributed by atoms with Crippen molar-refractivity contribution < 1.29 is 14.4 Å². The first kappa shape index (κ1) is 31.4. The summed E-state index contributed by atoms with van der Waals surface area (Å²) in [5.74, 6) is -0.429. The van der Waals surface area contributed by atoms with Crippen molar-refractivity contribution in [1.82, 2.24) is 25.3 Å². The molecule has 210 valence electrons. The van der Waals surface area contributed by atoms with Gasteiger partial charge in [-0.25, -0.2) is 4.98 Å². The third kappa shape index (κ3) is 8.88. The average molecular weight is 554 g/mol. The predicted octanol–water partition coefficient (Wildman–Crippen LogP) is 4.10. The highest BCUT2D eigenvalue weighted by Crippen LogP contribution is 2.34. The molecule has 3 aromatic rings. The number of thiazole rings is 1. The molecule has 1 aliphatic rings. The molecule has 1 aliphatic heterocycles. The lowest BCUT2D eigenvalue weighted by molar-refractivity contribution is -0.127. The Bertz CT molecular complexity index is 1290. The lowest BCUT2D eigenvalue weighted by Gasteiger charge is -2.23. The van der Waals surface area contributed by atoms with Gasteiger partial charge >= 0.3 is 0 Å². The number of nitrogens with one attached hydrogen (secondary N) is 2. The molecule has 0 spiro atoms. The molecule has 9 nitrogen and oxygen atoms in total. The van der Waals surface area contributed by atoms with E-state index in [4.69, 9.17) is 0 Å². The average Bonchev–Trinajstić information content (AvgIpc) is 3.60. The number of aromatic nitrogens is 2. The molecule has 2 N–H and O–H groups in total. The van der Waals surface area contributed by atoms with E-state index in [1.807, 2.05) is 75.2 Å². The van der Waals surface area contributed by atoms with Crippen LogP contribution in [-0.2, 0) is 23.1 Å². The number of pyridine rings is 1. The Kier molecular flexibility index (Phi) is 12.6. The summed E-state index contributed by atoms with van der Waals surface area (Å²) in [6.07, 6.45) is 3.00. The van der Waals surface area contributed by atoms with Crippen LogP contribution >= 0.6 is 11.3 Å². The molecule has 2 aromatic heterocycles. The van der Waals surface area contributed by atoms with Gasteiger partial charge in [-0.15, -0.1) is 11.3 Å². The van der Waals surface area contributed by atoms with Gasteiger partial charge in [0.25, 0.3) is 11.5 Å². The van der Waals surface area contributed by atoms with Gasteiger partial charge in [0.05, 0.1) is 6.04 Å². The maximum Gasteiger partial charge on any atom is 0.254 e. The van der Waals surface area contributed by atoms with E-state index in [2.05, 4.69) is 15.8 Å². The molecule has 0 aliphatic carbocycles. The minimum atomic E-state index is -0.189. The van der Waals surface area contributed by atoms with E-state index in [9.17, 15) is 19.2 Å². The molecule has 1 aromatic carbocycles. The van der Waals surface area contributed by atoms with E-state index < -0.39 is 0 Å². The van der Waals surface area contributed by atoms with Gasteiger partial charge in [-0.05, 0) is 44.7 Å². The topological polar surface area (TPSA) is 113 Å².